The van der Waals surface area contributed by atoms with Gasteiger partial charge in [0.15, 0.2) is 9.84 Å². The maximum absolute atomic E-state index is 12.4. The van der Waals surface area contributed by atoms with Crippen molar-refractivity contribution in [3.63, 3.8) is 0 Å². The molecule has 1 aliphatic heterocycles. The number of anilines is 1. The van der Waals surface area contributed by atoms with Crippen LogP contribution in [-0.4, -0.2) is 37.9 Å². The van der Waals surface area contributed by atoms with Crippen molar-refractivity contribution >= 4 is 43.4 Å². The van der Waals surface area contributed by atoms with E-state index in [0.717, 1.165) is 27.6 Å². The standard InChI is InChI=1S/C19H20N2O4S/c1-12(19(22)21-14-8-9-26(23,24)11-14)20-13-6-7-18-16(10-13)15-4-2-3-5-17(15)25-18/h2-7,10,12,14,20H,8-9,11H2,1H3,(H,21,22)/t12-,14-/m0/s1. The minimum atomic E-state index is -3.01. The highest BCUT2D eigenvalue weighted by molar-refractivity contribution is 7.91. The smallest absolute Gasteiger partial charge is 0.242 e. The summed E-state index contributed by atoms with van der Waals surface area (Å²) in [5.74, 6) is -0.0353. The van der Waals surface area contributed by atoms with Gasteiger partial charge in [-0.2, -0.15) is 0 Å². The third-order valence-electron chi connectivity index (χ3n) is 4.73. The molecule has 0 bridgehead atoms. The summed E-state index contributed by atoms with van der Waals surface area (Å²) in [4.78, 5) is 12.4. The van der Waals surface area contributed by atoms with Gasteiger partial charge >= 0.3 is 0 Å². The molecule has 0 unspecified atom stereocenters. The molecule has 1 aliphatic rings. The number of nitrogens with one attached hydrogen (secondary N) is 2. The molecular formula is C19H20N2O4S. The van der Waals surface area contributed by atoms with Gasteiger partial charge in [-0.3, -0.25) is 4.79 Å². The fourth-order valence-corrected chi connectivity index (χ4v) is 5.04. The Kier molecular flexibility index (Phi) is 4.11. The summed E-state index contributed by atoms with van der Waals surface area (Å²) in [6.07, 6.45) is 0.480. The van der Waals surface area contributed by atoms with Gasteiger partial charge in [0.05, 0.1) is 11.5 Å². The molecule has 1 amide bonds. The van der Waals surface area contributed by atoms with Gasteiger partial charge in [0, 0.05) is 22.5 Å². The van der Waals surface area contributed by atoms with Crippen LogP contribution >= 0.6 is 0 Å². The van der Waals surface area contributed by atoms with Gasteiger partial charge in [0.2, 0.25) is 5.91 Å². The van der Waals surface area contributed by atoms with Gasteiger partial charge in [-0.05, 0) is 37.6 Å². The number of sulfone groups is 1. The van der Waals surface area contributed by atoms with Crippen LogP contribution in [0.25, 0.3) is 21.9 Å². The van der Waals surface area contributed by atoms with Crippen molar-refractivity contribution in [2.24, 2.45) is 0 Å². The predicted molar refractivity (Wildman–Crippen MR) is 102 cm³/mol. The quantitative estimate of drug-likeness (QED) is 0.735. The van der Waals surface area contributed by atoms with Crippen LogP contribution in [0.3, 0.4) is 0 Å². The molecule has 2 atom stereocenters. The number of para-hydroxylation sites is 1. The molecule has 0 radical (unpaired) electrons. The third kappa shape index (κ3) is 3.26. The molecule has 1 saturated heterocycles. The number of benzene rings is 2. The van der Waals surface area contributed by atoms with E-state index < -0.39 is 15.9 Å². The molecule has 3 aromatic rings. The first-order valence-corrected chi connectivity index (χ1v) is 10.4. The molecule has 2 N–H and O–H groups in total. The molecule has 136 valence electrons. The Bertz CT molecular complexity index is 1090. The predicted octanol–water partition coefficient (Wildman–Crippen LogP) is 2.69. The topological polar surface area (TPSA) is 88.4 Å². The Balaban J connectivity index is 1.49. The van der Waals surface area contributed by atoms with E-state index >= 15 is 0 Å². The summed E-state index contributed by atoms with van der Waals surface area (Å²) in [5, 5.41) is 8.01. The van der Waals surface area contributed by atoms with E-state index in [0.29, 0.717) is 6.42 Å². The highest BCUT2D eigenvalue weighted by Gasteiger charge is 2.29. The molecule has 1 aromatic heterocycles. The molecule has 0 saturated carbocycles. The zero-order chi connectivity index (χ0) is 18.3. The normalized spacial score (nSPS) is 20.3. The van der Waals surface area contributed by atoms with Crippen molar-refractivity contribution in [1.29, 1.82) is 0 Å². The summed E-state index contributed by atoms with van der Waals surface area (Å²) < 4.78 is 28.8. The number of hydrogen-bond acceptors (Lipinski definition) is 5. The Morgan fingerprint density at radius 1 is 1.15 bits per heavy atom. The SMILES string of the molecule is C[C@H](Nc1ccc2oc3ccccc3c2c1)C(=O)N[C@H]1CCS(=O)(=O)C1. The van der Waals surface area contributed by atoms with E-state index in [1.165, 1.54) is 0 Å². The Morgan fingerprint density at radius 3 is 2.69 bits per heavy atom. The lowest BCUT2D eigenvalue weighted by atomic mass is 10.1. The number of furan rings is 1. The zero-order valence-corrected chi connectivity index (χ0v) is 15.2. The van der Waals surface area contributed by atoms with Crippen molar-refractivity contribution < 1.29 is 17.6 Å². The van der Waals surface area contributed by atoms with Crippen LogP contribution in [0.1, 0.15) is 13.3 Å². The highest BCUT2D eigenvalue weighted by atomic mass is 32.2. The van der Waals surface area contributed by atoms with Crippen LogP contribution in [-0.2, 0) is 14.6 Å². The van der Waals surface area contributed by atoms with Crippen LogP contribution < -0.4 is 10.6 Å². The van der Waals surface area contributed by atoms with Gasteiger partial charge in [0.25, 0.3) is 0 Å². The Morgan fingerprint density at radius 2 is 1.92 bits per heavy atom. The number of hydrogen-bond donors (Lipinski definition) is 2. The monoisotopic (exact) mass is 372 g/mol. The first-order valence-electron chi connectivity index (χ1n) is 8.60. The largest absolute Gasteiger partial charge is 0.456 e. The van der Waals surface area contributed by atoms with E-state index in [9.17, 15) is 13.2 Å². The molecule has 7 heteroatoms. The van der Waals surface area contributed by atoms with E-state index in [2.05, 4.69) is 10.6 Å². The van der Waals surface area contributed by atoms with Gasteiger partial charge in [-0.1, -0.05) is 18.2 Å². The lowest BCUT2D eigenvalue weighted by molar-refractivity contribution is -0.122. The summed E-state index contributed by atoms with van der Waals surface area (Å²) in [7, 11) is -3.01. The van der Waals surface area contributed by atoms with E-state index in [1.54, 1.807) is 6.92 Å². The summed E-state index contributed by atoms with van der Waals surface area (Å²) in [6.45, 7) is 1.76. The summed E-state index contributed by atoms with van der Waals surface area (Å²) in [5.41, 5.74) is 2.43. The molecule has 0 aliphatic carbocycles. The van der Waals surface area contributed by atoms with E-state index in [1.807, 2.05) is 42.5 Å². The van der Waals surface area contributed by atoms with Gasteiger partial charge < -0.3 is 15.1 Å². The van der Waals surface area contributed by atoms with Crippen molar-refractivity contribution in [3.05, 3.63) is 42.5 Å². The van der Waals surface area contributed by atoms with Crippen molar-refractivity contribution in [2.45, 2.75) is 25.4 Å². The van der Waals surface area contributed by atoms with Crippen LogP contribution in [0.5, 0.6) is 0 Å². The maximum Gasteiger partial charge on any atom is 0.242 e. The molecule has 6 nitrogen and oxygen atoms in total. The molecular weight excluding hydrogens is 352 g/mol. The van der Waals surface area contributed by atoms with Crippen molar-refractivity contribution in [1.82, 2.24) is 5.32 Å². The molecule has 2 heterocycles. The second-order valence-corrected chi connectivity index (χ2v) is 9.01. The maximum atomic E-state index is 12.4. The van der Waals surface area contributed by atoms with Crippen LogP contribution in [0, 0.1) is 0 Å². The number of carbonyl (C=O) groups is 1. The minimum Gasteiger partial charge on any atom is -0.456 e. The van der Waals surface area contributed by atoms with E-state index in [4.69, 9.17) is 4.42 Å². The summed E-state index contributed by atoms with van der Waals surface area (Å²) >= 11 is 0. The van der Waals surface area contributed by atoms with Crippen molar-refractivity contribution in [3.8, 4) is 0 Å². The van der Waals surface area contributed by atoms with Crippen LogP contribution in [0.15, 0.2) is 46.9 Å². The molecule has 1 fully saturated rings. The molecule has 4 rings (SSSR count). The average Bonchev–Trinajstić information content (AvgIpc) is 3.14. The fraction of sp³-hybridized carbons (Fsp3) is 0.316. The van der Waals surface area contributed by atoms with Gasteiger partial charge in [-0.15, -0.1) is 0 Å². The molecule has 2 aromatic carbocycles. The third-order valence-corrected chi connectivity index (χ3v) is 6.50. The molecule has 0 spiro atoms. The highest BCUT2D eigenvalue weighted by Crippen LogP contribution is 2.30. The van der Waals surface area contributed by atoms with Crippen LogP contribution in [0.4, 0.5) is 5.69 Å². The second kappa shape index (κ2) is 6.32. The van der Waals surface area contributed by atoms with Crippen molar-refractivity contribution in [2.75, 3.05) is 16.8 Å². The van der Waals surface area contributed by atoms with E-state index in [-0.39, 0.29) is 23.5 Å². The average molecular weight is 372 g/mol. The van der Waals surface area contributed by atoms with Gasteiger partial charge in [0.1, 0.15) is 17.2 Å². The van der Waals surface area contributed by atoms with Gasteiger partial charge in [-0.25, -0.2) is 8.42 Å². The number of fused-ring (bicyclic) bond motifs is 3. The first kappa shape index (κ1) is 16.9. The number of amides is 1. The fourth-order valence-electron chi connectivity index (χ4n) is 3.37. The number of rotatable bonds is 4. The lowest BCUT2D eigenvalue weighted by Gasteiger charge is -2.18. The lowest BCUT2D eigenvalue weighted by Crippen LogP contribution is -2.43. The molecule has 26 heavy (non-hydrogen) atoms. The number of carbonyl (C=O) groups excluding carboxylic acids is 1. The van der Waals surface area contributed by atoms with Crippen LogP contribution in [0.2, 0.25) is 0 Å². The Labute approximate surface area is 151 Å². The second-order valence-electron chi connectivity index (χ2n) is 6.78. The first-order chi connectivity index (χ1) is 12.4. The minimum absolute atomic E-state index is 0.0262. The summed E-state index contributed by atoms with van der Waals surface area (Å²) in [6, 6.07) is 12.8. The Hall–Kier alpha value is -2.54. The zero-order valence-electron chi connectivity index (χ0n) is 14.4.